The van der Waals surface area contributed by atoms with Crippen LogP contribution in [0.15, 0.2) is 60.8 Å². The molecule has 3 rings (SSSR count). The highest BCUT2D eigenvalue weighted by atomic mass is 19.1. The normalized spacial score (nSPS) is 10.4. The van der Waals surface area contributed by atoms with Crippen LogP contribution in [0.2, 0.25) is 0 Å². The van der Waals surface area contributed by atoms with Crippen molar-refractivity contribution in [1.82, 2.24) is 15.3 Å². The fourth-order valence-electron chi connectivity index (χ4n) is 2.64. The van der Waals surface area contributed by atoms with Crippen LogP contribution in [0.5, 0.6) is 0 Å². The van der Waals surface area contributed by atoms with Crippen molar-refractivity contribution in [1.29, 1.82) is 0 Å². The summed E-state index contributed by atoms with van der Waals surface area (Å²) >= 11 is 0. The molecule has 138 valence electrons. The number of benzene rings is 2. The molecule has 5 nitrogen and oxygen atoms in total. The fraction of sp³-hybridized carbons (Fsp3) is 0.190. The molecule has 0 bridgehead atoms. The van der Waals surface area contributed by atoms with Crippen molar-refractivity contribution in [3.8, 4) is 0 Å². The third-order valence-electron chi connectivity index (χ3n) is 4.03. The number of carbonyl (C=O) groups excluding carboxylic acids is 1. The molecule has 1 aromatic heterocycles. The van der Waals surface area contributed by atoms with E-state index in [4.69, 9.17) is 0 Å². The van der Waals surface area contributed by atoms with Crippen LogP contribution in [0.25, 0.3) is 0 Å². The Morgan fingerprint density at radius 3 is 2.67 bits per heavy atom. The molecule has 1 amide bonds. The molecule has 0 atom stereocenters. The lowest BCUT2D eigenvalue weighted by molar-refractivity contribution is 0.0946. The number of nitrogens with one attached hydrogen (secondary N) is 2. The van der Waals surface area contributed by atoms with Crippen LogP contribution in [0.4, 0.5) is 10.3 Å². The molecule has 2 N–H and O–H groups in total. The number of nitrogens with zero attached hydrogens (tertiary/aromatic N) is 2. The summed E-state index contributed by atoms with van der Waals surface area (Å²) in [5.74, 6) is -0.111. The van der Waals surface area contributed by atoms with Gasteiger partial charge in [0.2, 0.25) is 5.95 Å². The van der Waals surface area contributed by atoms with Gasteiger partial charge in [-0.3, -0.25) is 4.79 Å². The van der Waals surface area contributed by atoms with Crippen LogP contribution in [0, 0.1) is 12.7 Å². The lowest BCUT2D eigenvalue weighted by Crippen LogP contribution is -2.24. The Labute approximate surface area is 157 Å². The van der Waals surface area contributed by atoms with E-state index in [1.807, 2.05) is 31.2 Å². The first-order valence-corrected chi connectivity index (χ1v) is 8.75. The number of halogens is 1. The first-order valence-electron chi connectivity index (χ1n) is 8.75. The number of aromatic nitrogens is 2. The number of amides is 1. The van der Waals surface area contributed by atoms with E-state index in [1.165, 1.54) is 12.1 Å². The van der Waals surface area contributed by atoms with Crippen molar-refractivity contribution in [2.45, 2.75) is 19.9 Å². The third kappa shape index (κ3) is 5.60. The summed E-state index contributed by atoms with van der Waals surface area (Å²) < 4.78 is 12.9. The Hall–Kier alpha value is -3.28. The van der Waals surface area contributed by atoms with Gasteiger partial charge < -0.3 is 10.6 Å². The summed E-state index contributed by atoms with van der Waals surface area (Å²) in [7, 11) is 0. The van der Waals surface area contributed by atoms with Crippen molar-refractivity contribution in [3.63, 3.8) is 0 Å². The van der Waals surface area contributed by atoms with Gasteiger partial charge in [0.1, 0.15) is 11.5 Å². The lowest BCUT2D eigenvalue weighted by Gasteiger charge is -2.08. The minimum absolute atomic E-state index is 0.250. The average molecular weight is 364 g/mol. The van der Waals surface area contributed by atoms with Gasteiger partial charge in [0.25, 0.3) is 5.91 Å². The summed E-state index contributed by atoms with van der Waals surface area (Å²) in [5, 5.41) is 5.95. The number of hydrogen-bond donors (Lipinski definition) is 2. The van der Waals surface area contributed by atoms with Gasteiger partial charge in [-0.25, -0.2) is 14.4 Å². The van der Waals surface area contributed by atoms with E-state index < -0.39 is 0 Å². The molecule has 0 aliphatic rings. The minimum atomic E-state index is -0.251. The maximum atomic E-state index is 12.9. The molecule has 3 aromatic rings. The fourth-order valence-corrected chi connectivity index (χ4v) is 2.64. The molecule has 0 saturated carbocycles. The van der Waals surface area contributed by atoms with Crippen LogP contribution >= 0.6 is 0 Å². The Morgan fingerprint density at radius 2 is 1.89 bits per heavy atom. The van der Waals surface area contributed by atoms with E-state index in [0.717, 1.165) is 16.7 Å². The van der Waals surface area contributed by atoms with Gasteiger partial charge in [-0.05, 0) is 42.7 Å². The highest BCUT2D eigenvalue weighted by Crippen LogP contribution is 2.06. The van der Waals surface area contributed by atoms with Gasteiger partial charge >= 0.3 is 0 Å². The quantitative estimate of drug-likeness (QED) is 0.673. The molecule has 0 spiro atoms. The van der Waals surface area contributed by atoms with Gasteiger partial charge in [0, 0.05) is 19.3 Å². The van der Waals surface area contributed by atoms with E-state index in [9.17, 15) is 9.18 Å². The van der Waals surface area contributed by atoms with Crippen molar-refractivity contribution < 1.29 is 9.18 Å². The highest BCUT2D eigenvalue weighted by Gasteiger charge is 2.08. The zero-order valence-electron chi connectivity index (χ0n) is 15.1. The molecule has 1 heterocycles. The van der Waals surface area contributed by atoms with Gasteiger partial charge in [0.05, 0.1) is 0 Å². The maximum Gasteiger partial charge on any atom is 0.270 e. The van der Waals surface area contributed by atoms with E-state index in [1.54, 1.807) is 24.4 Å². The molecular weight excluding hydrogens is 343 g/mol. The van der Waals surface area contributed by atoms with E-state index in [0.29, 0.717) is 31.2 Å². The first kappa shape index (κ1) is 18.5. The second kappa shape index (κ2) is 8.89. The van der Waals surface area contributed by atoms with Crippen LogP contribution in [-0.2, 0) is 13.0 Å². The Bertz CT molecular complexity index is 912. The predicted octanol–water partition coefficient (Wildman–Crippen LogP) is 3.51. The molecule has 0 saturated heterocycles. The number of rotatable bonds is 7. The van der Waals surface area contributed by atoms with Gasteiger partial charge in [-0.2, -0.15) is 0 Å². The highest BCUT2D eigenvalue weighted by molar-refractivity contribution is 5.92. The lowest BCUT2D eigenvalue weighted by atomic mass is 10.1. The van der Waals surface area contributed by atoms with Crippen LogP contribution in [0.3, 0.4) is 0 Å². The Balaban J connectivity index is 1.53. The average Bonchev–Trinajstić information content (AvgIpc) is 2.68. The number of anilines is 1. The number of aryl methyl sites for hydroxylation is 1. The zero-order valence-corrected chi connectivity index (χ0v) is 15.1. The molecule has 0 radical (unpaired) electrons. The third-order valence-corrected chi connectivity index (χ3v) is 4.03. The number of carbonyl (C=O) groups is 1. The SMILES string of the molecule is Cc1cccc(CNC(=O)c2ccnc(NCCc3ccc(F)cc3)n2)c1. The molecule has 0 aliphatic carbocycles. The molecule has 27 heavy (non-hydrogen) atoms. The predicted molar refractivity (Wildman–Crippen MR) is 103 cm³/mol. The van der Waals surface area contributed by atoms with Crippen molar-refractivity contribution >= 4 is 11.9 Å². The summed E-state index contributed by atoms with van der Waals surface area (Å²) in [6.45, 7) is 3.04. The van der Waals surface area contributed by atoms with Gasteiger partial charge in [0.15, 0.2) is 0 Å². The summed E-state index contributed by atoms with van der Waals surface area (Å²) in [6, 6.07) is 15.9. The molecule has 0 fully saturated rings. The summed E-state index contributed by atoms with van der Waals surface area (Å²) in [4.78, 5) is 20.7. The van der Waals surface area contributed by atoms with Crippen molar-refractivity contribution in [3.05, 3.63) is 89.0 Å². The van der Waals surface area contributed by atoms with Gasteiger partial charge in [-0.1, -0.05) is 42.0 Å². The van der Waals surface area contributed by atoms with Crippen LogP contribution in [-0.4, -0.2) is 22.4 Å². The standard InChI is InChI=1S/C21H21FN4O/c1-15-3-2-4-17(13-15)14-25-20(27)19-10-12-24-21(26-19)23-11-9-16-5-7-18(22)8-6-16/h2-8,10,12-13H,9,11,14H2,1H3,(H,25,27)(H,23,24,26). The Morgan fingerprint density at radius 1 is 1.07 bits per heavy atom. The second-order valence-corrected chi connectivity index (χ2v) is 6.24. The van der Waals surface area contributed by atoms with E-state index in [-0.39, 0.29) is 11.7 Å². The van der Waals surface area contributed by atoms with E-state index in [2.05, 4.69) is 20.6 Å². The monoisotopic (exact) mass is 364 g/mol. The Kier molecular flexibility index (Phi) is 6.10. The first-order chi connectivity index (χ1) is 13.1. The molecule has 2 aromatic carbocycles. The second-order valence-electron chi connectivity index (χ2n) is 6.24. The largest absolute Gasteiger partial charge is 0.354 e. The minimum Gasteiger partial charge on any atom is -0.354 e. The molecular formula is C21H21FN4O. The van der Waals surface area contributed by atoms with Crippen LogP contribution in [0.1, 0.15) is 27.2 Å². The van der Waals surface area contributed by atoms with Gasteiger partial charge in [-0.15, -0.1) is 0 Å². The molecule has 6 heteroatoms. The van der Waals surface area contributed by atoms with Crippen molar-refractivity contribution in [2.24, 2.45) is 0 Å². The topological polar surface area (TPSA) is 66.9 Å². The summed E-state index contributed by atoms with van der Waals surface area (Å²) in [6.07, 6.45) is 2.25. The van der Waals surface area contributed by atoms with E-state index >= 15 is 0 Å². The smallest absolute Gasteiger partial charge is 0.270 e. The maximum absolute atomic E-state index is 12.9. The van der Waals surface area contributed by atoms with Crippen molar-refractivity contribution in [2.75, 3.05) is 11.9 Å². The summed E-state index contributed by atoms with van der Waals surface area (Å²) in [5.41, 5.74) is 3.50. The molecule has 0 aliphatic heterocycles. The zero-order chi connectivity index (χ0) is 19.1. The number of hydrogen-bond acceptors (Lipinski definition) is 4. The molecule has 0 unspecified atom stereocenters. The van der Waals surface area contributed by atoms with Crippen LogP contribution < -0.4 is 10.6 Å².